The first-order valence-electron chi connectivity index (χ1n) is 9.36. The van der Waals surface area contributed by atoms with Crippen LogP contribution >= 0.6 is 0 Å². The molecule has 1 aliphatic carbocycles. The average molecular weight is 347 g/mol. The molecule has 2 aliphatic rings. The zero-order chi connectivity index (χ0) is 17.8. The van der Waals surface area contributed by atoms with Crippen LogP contribution in [0.15, 0.2) is 12.4 Å². The Morgan fingerprint density at radius 1 is 1.36 bits per heavy atom. The molecule has 1 aliphatic heterocycles. The second-order valence-electron chi connectivity index (χ2n) is 7.22. The summed E-state index contributed by atoms with van der Waals surface area (Å²) in [4.78, 5) is 32.8. The number of carbonyl (C=O) groups is 2. The first kappa shape index (κ1) is 17.8. The summed E-state index contributed by atoms with van der Waals surface area (Å²) in [5, 5.41) is 3.05. The second kappa shape index (κ2) is 7.89. The number of nitrogens with one attached hydrogen (secondary N) is 1. The van der Waals surface area contributed by atoms with Crippen LogP contribution in [0.3, 0.4) is 0 Å². The van der Waals surface area contributed by atoms with Crippen molar-refractivity contribution in [1.29, 1.82) is 0 Å². The summed E-state index contributed by atoms with van der Waals surface area (Å²) in [5.74, 6) is 1.82. The van der Waals surface area contributed by atoms with E-state index in [0.29, 0.717) is 31.5 Å². The number of likely N-dealkylation sites (tertiary alicyclic amines) is 1. The molecule has 1 N–H and O–H groups in total. The minimum absolute atomic E-state index is 0.0591. The molecule has 0 spiro atoms. The molecule has 25 heavy (non-hydrogen) atoms. The fraction of sp³-hybridized carbons (Fsp3) is 0.722. The van der Waals surface area contributed by atoms with Crippen molar-refractivity contribution in [1.82, 2.24) is 24.7 Å². The van der Waals surface area contributed by atoms with Gasteiger partial charge in [0.15, 0.2) is 0 Å². The number of rotatable bonds is 6. The van der Waals surface area contributed by atoms with Crippen LogP contribution in [0.2, 0.25) is 0 Å². The highest BCUT2D eigenvalue weighted by molar-refractivity contribution is 5.81. The van der Waals surface area contributed by atoms with Gasteiger partial charge in [-0.2, -0.15) is 0 Å². The Morgan fingerprint density at radius 2 is 2.16 bits per heavy atom. The van der Waals surface area contributed by atoms with Crippen molar-refractivity contribution < 1.29 is 9.59 Å². The van der Waals surface area contributed by atoms with Crippen LogP contribution in [-0.4, -0.2) is 57.5 Å². The number of aromatic nitrogens is 2. The summed E-state index contributed by atoms with van der Waals surface area (Å²) in [6.45, 7) is 5.39. The van der Waals surface area contributed by atoms with Crippen LogP contribution in [0.4, 0.5) is 4.79 Å². The van der Waals surface area contributed by atoms with E-state index in [2.05, 4.69) is 10.3 Å². The molecular formula is C18H29N5O2. The third-order valence-corrected chi connectivity index (χ3v) is 5.22. The molecule has 0 aromatic carbocycles. The van der Waals surface area contributed by atoms with Crippen LogP contribution in [0.1, 0.15) is 38.4 Å². The number of amides is 3. The lowest BCUT2D eigenvalue weighted by Crippen LogP contribution is -2.46. The van der Waals surface area contributed by atoms with Crippen molar-refractivity contribution in [2.45, 2.75) is 39.2 Å². The Hall–Kier alpha value is -2.05. The van der Waals surface area contributed by atoms with Crippen LogP contribution in [0, 0.1) is 11.8 Å². The van der Waals surface area contributed by atoms with E-state index in [1.165, 1.54) is 0 Å². The van der Waals surface area contributed by atoms with Crippen LogP contribution in [0.25, 0.3) is 0 Å². The smallest absolute Gasteiger partial charge is 0.317 e. The monoisotopic (exact) mass is 347 g/mol. The zero-order valence-corrected chi connectivity index (χ0v) is 15.3. The van der Waals surface area contributed by atoms with Gasteiger partial charge in [0.1, 0.15) is 5.82 Å². The molecule has 1 saturated heterocycles. The molecule has 0 unspecified atom stereocenters. The molecule has 2 heterocycles. The number of carbonyl (C=O) groups excluding carboxylic acids is 2. The van der Waals surface area contributed by atoms with E-state index in [1.807, 2.05) is 29.6 Å². The first-order valence-corrected chi connectivity index (χ1v) is 9.36. The summed E-state index contributed by atoms with van der Waals surface area (Å²) < 4.78 is 1.93. The summed E-state index contributed by atoms with van der Waals surface area (Å²) in [6, 6.07) is -0.0591. The van der Waals surface area contributed by atoms with E-state index < -0.39 is 0 Å². The van der Waals surface area contributed by atoms with Crippen LogP contribution in [0.5, 0.6) is 0 Å². The van der Waals surface area contributed by atoms with Gasteiger partial charge in [0.05, 0.1) is 6.54 Å². The molecule has 1 aromatic heterocycles. The molecule has 3 rings (SSSR count). The molecule has 0 radical (unpaired) electrons. The average Bonchev–Trinajstić information content (AvgIpc) is 3.40. The maximum atomic E-state index is 12.5. The number of hydrogen-bond donors (Lipinski definition) is 1. The molecule has 138 valence electrons. The summed E-state index contributed by atoms with van der Waals surface area (Å²) >= 11 is 0. The predicted octanol–water partition coefficient (Wildman–Crippen LogP) is 1.60. The molecular weight excluding hydrogens is 318 g/mol. The Kier molecular flexibility index (Phi) is 5.60. The molecule has 3 amide bonds. The van der Waals surface area contributed by atoms with Gasteiger partial charge in [-0.3, -0.25) is 4.79 Å². The Balaban J connectivity index is 1.47. The van der Waals surface area contributed by atoms with E-state index >= 15 is 0 Å². The number of nitrogens with zero attached hydrogens (tertiary/aromatic N) is 4. The summed E-state index contributed by atoms with van der Waals surface area (Å²) in [7, 11) is 1.93. The Labute approximate surface area is 149 Å². The quantitative estimate of drug-likeness (QED) is 0.850. The highest BCUT2D eigenvalue weighted by atomic mass is 16.2. The number of aryl methyl sites for hydroxylation is 1. The topological polar surface area (TPSA) is 70.5 Å². The van der Waals surface area contributed by atoms with Gasteiger partial charge >= 0.3 is 6.03 Å². The molecule has 7 nitrogen and oxygen atoms in total. The molecule has 0 bridgehead atoms. The molecule has 2 fully saturated rings. The van der Waals surface area contributed by atoms with E-state index in [4.69, 9.17) is 0 Å². The van der Waals surface area contributed by atoms with E-state index in [9.17, 15) is 9.59 Å². The van der Waals surface area contributed by atoms with Gasteiger partial charge in [-0.05, 0) is 38.5 Å². The molecule has 1 saturated carbocycles. The van der Waals surface area contributed by atoms with Crippen LogP contribution < -0.4 is 5.32 Å². The molecule has 1 aromatic rings. The zero-order valence-electron chi connectivity index (χ0n) is 15.3. The predicted molar refractivity (Wildman–Crippen MR) is 94.7 cm³/mol. The van der Waals surface area contributed by atoms with E-state index in [-0.39, 0.29) is 11.9 Å². The largest absolute Gasteiger partial charge is 0.342 e. The highest BCUT2D eigenvalue weighted by Gasteiger charge is 2.35. The van der Waals surface area contributed by atoms with Crippen molar-refractivity contribution in [2.75, 3.05) is 26.2 Å². The van der Waals surface area contributed by atoms with E-state index in [1.54, 1.807) is 11.1 Å². The lowest BCUT2D eigenvalue weighted by atomic mass is 9.97. The normalized spacial score (nSPS) is 20.4. The van der Waals surface area contributed by atoms with Gasteiger partial charge in [-0.25, -0.2) is 9.78 Å². The van der Waals surface area contributed by atoms with Crippen LogP contribution in [-0.2, 0) is 18.4 Å². The lowest BCUT2D eigenvalue weighted by molar-refractivity contribution is -0.134. The number of piperidine rings is 1. The Morgan fingerprint density at radius 3 is 2.80 bits per heavy atom. The first-order chi connectivity index (χ1) is 12.1. The van der Waals surface area contributed by atoms with Crippen molar-refractivity contribution in [3.63, 3.8) is 0 Å². The number of hydrogen-bond acceptors (Lipinski definition) is 3. The molecule has 1 atom stereocenters. The maximum absolute atomic E-state index is 12.5. The highest BCUT2D eigenvalue weighted by Crippen LogP contribution is 2.32. The second-order valence-corrected chi connectivity index (χ2v) is 7.22. The van der Waals surface area contributed by atoms with Gasteiger partial charge in [-0.1, -0.05) is 0 Å². The fourth-order valence-corrected chi connectivity index (χ4v) is 3.41. The van der Waals surface area contributed by atoms with Gasteiger partial charge in [0, 0.05) is 51.5 Å². The third-order valence-electron chi connectivity index (χ3n) is 5.22. The lowest BCUT2D eigenvalue weighted by Gasteiger charge is -2.33. The maximum Gasteiger partial charge on any atom is 0.317 e. The van der Waals surface area contributed by atoms with Crippen molar-refractivity contribution in [2.24, 2.45) is 18.9 Å². The SMILES string of the molecule is CCN(Cc1nccn1C)C(=O)NC[C@H]1CCCN(C(=O)C2CC2)C1. The van der Waals surface area contributed by atoms with Crippen molar-refractivity contribution in [3.8, 4) is 0 Å². The minimum Gasteiger partial charge on any atom is -0.342 e. The minimum atomic E-state index is -0.0591. The number of urea groups is 1. The summed E-state index contributed by atoms with van der Waals surface area (Å²) in [5.41, 5.74) is 0. The van der Waals surface area contributed by atoms with Crippen molar-refractivity contribution in [3.05, 3.63) is 18.2 Å². The summed E-state index contributed by atoms with van der Waals surface area (Å²) in [6.07, 6.45) is 7.83. The number of imidazole rings is 1. The third kappa shape index (κ3) is 4.52. The standard InChI is InChI=1S/C18H29N5O2/c1-3-22(13-16-19-8-10-21(16)2)18(25)20-11-14-5-4-9-23(12-14)17(24)15-6-7-15/h8,10,14-15H,3-7,9,11-13H2,1-2H3,(H,20,25)/t14-/m1/s1. The molecule has 7 heteroatoms. The van der Waals surface area contributed by atoms with Crippen molar-refractivity contribution >= 4 is 11.9 Å². The Bertz CT molecular complexity index is 610. The van der Waals surface area contributed by atoms with E-state index in [0.717, 1.165) is 44.6 Å². The van der Waals surface area contributed by atoms with Gasteiger partial charge < -0.3 is 19.7 Å². The van der Waals surface area contributed by atoms with Gasteiger partial charge in [0.25, 0.3) is 0 Å². The van der Waals surface area contributed by atoms with Gasteiger partial charge in [-0.15, -0.1) is 0 Å². The van der Waals surface area contributed by atoms with Gasteiger partial charge in [0.2, 0.25) is 5.91 Å². The fourth-order valence-electron chi connectivity index (χ4n) is 3.41.